The SMILES string of the molecule is O=C(CC[C@H]1NC(=O)c2ccccc2NC1=O)Nc1nccs1. The summed E-state index contributed by atoms with van der Waals surface area (Å²) >= 11 is 1.32. The summed E-state index contributed by atoms with van der Waals surface area (Å²) in [6.45, 7) is 0. The second-order valence-electron chi connectivity index (χ2n) is 4.98. The van der Waals surface area contributed by atoms with E-state index in [1.165, 1.54) is 11.3 Å². The first kappa shape index (κ1) is 15.2. The van der Waals surface area contributed by atoms with E-state index in [0.717, 1.165) is 0 Å². The number of carbonyl (C=O) groups is 3. The zero-order valence-corrected chi connectivity index (χ0v) is 12.9. The Hall–Kier alpha value is -2.74. The van der Waals surface area contributed by atoms with Crippen LogP contribution in [0.15, 0.2) is 35.8 Å². The van der Waals surface area contributed by atoms with Crippen LogP contribution < -0.4 is 16.0 Å². The average Bonchev–Trinajstić information content (AvgIpc) is 3.00. The lowest BCUT2D eigenvalue weighted by molar-refractivity contribution is -0.118. The van der Waals surface area contributed by atoms with Crippen LogP contribution in [0.2, 0.25) is 0 Å². The van der Waals surface area contributed by atoms with Crippen molar-refractivity contribution in [3.05, 3.63) is 41.4 Å². The molecular weight excluding hydrogens is 316 g/mol. The summed E-state index contributed by atoms with van der Waals surface area (Å²) in [7, 11) is 0. The molecule has 0 aliphatic carbocycles. The van der Waals surface area contributed by atoms with Gasteiger partial charge in [-0.3, -0.25) is 14.4 Å². The molecule has 2 aromatic rings. The van der Waals surface area contributed by atoms with Crippen LogP contribution in [-0.4, -0.2) is 28.7 Å². The molecule has 0 saturated heterocycles. The molecule has 0 bridgehead atoms. The molecule has 0 radical (unpaired) electrons. The number of para-hydroxylation sites is 1. The van der Waals surface area contributed by atoms with Gasteiger partial charge in [0.1, 0.15) is 6.04 Å². The van der Waals surface area contributed by atoms with Gasteiger partial charge in [0.25, 0.3) is 5.91 Å². The van der Waals surface area contributed by atoms with E-state index >= 15 is 0 Å². The van der Waals surface area contributed by atoms with E-state index in [-0.39, 0.29) is 30.6 Å². The second kappa shape index (κ2) is 6.57. The Kier molecular flexibility index (Phi) is 4.33. The molecular formula is C15H14N4O3S. The van der Waals surface area contributed by atoms with Crippen LogP contribution in [0.1, 0.15) is 23.2 Å². The molecule has 7 nitrogen and oxygen atoms in total. The summed E-state index contributed by atoms with van der Waals surface area (Å²) in [6, 6.07) is 6.03. The standard InChI is InChI=1S/C15H14N4O3S/c20-12(19-15-16-7-8-23-15)6-5-11-14(22)17-10-4-2-1-3-9(10)13(21)18-11/h1-4,7-8,11H,5-6H2,(H,17,22)(H,18,21)(H,16,19,20)/t11-/m1/s1. The minimum Gasteiger partial charge on any atom is -0.340 e. The number of fused-ring (bicyclic) bond motifs is 1. The molecule has 1 aliphatic heterocycles. The molecule has 1 aromatic carbocycles. The van der Waals surface area contributed by atoms with Crippen molar-refractivity contribution in [2.75, 3.05) is 10.6 Å². The van der Waals surface area contributed by atoms with Crippen LogP contribution in [0.4, 0.5) is 10.8 Å². The molecule has 23 heavy (non-hydrogen) atoms. The monoisotopic (exact) mass is 330 g/mol. The maximum absolute atomic E-state index is 12.2. The van der Waals surface area contributed by atoms with E-state index in [0.29, 0.717) is 16.4 Å². The highest BCUT2D eigenvalue weighted by Gasteiger charge is 2.27. The van der Waals surface area contributed by atoms with Gasteiger partial charge in [-0.15, -0.1) is 11.3 Å². The number of carbonyl (C=O) groups excluding carboxylic acids is 3. The van der Waals surface area contributed by atoms with Gasteiger partial charge in [-0.25, -0.2) is 4.98 Å². The predicted molar refractivity (Wildman–Crippen MR) is 86.3 cm³/mol. The third-order valence-electron chi connectivity index (χ3n) is 3.39. The van der Waals surface area contributed by atoms with E-state index in [1.54, 1.807) is 35.8 Å². The zero-order valence-electron chi connectivity index (χ0n) is 12.0. The van der Waals surface area contributed by atoms with Crippen LogP contribution in [0.5, 0.6) is 0 Å². The molecule has 0 unspecified atom stereocenters. The lowest BCUT2D eigenvalue weighted by Crippen LogP contribution is -2.41. The first-order chi connectivity index (χ1) is 11.1. The molecule has 1 aliphatic rings. The van der Waals surface area contributed by atoms with Gasteiger partial charge in [-0.1, -0.05) is 12.1 Å². The van der Waals surface area contributed by atoms with E-state index in [4.69, 9.17) is 0 Å². The number of thiazole rings is 1. The summed E-state index contributed by atoms with van der Waals surface area (Å²) in [5.74, 6) is -0.904. The van der Waals surface area contributed by atoms with Gasteiger partial charge in [0.05, 0.1) is 11.3 Å². The number of benzene rings is 1. The van der Waals surface area contributed by atoms with E-state index in [1.807, 2.05) is 0 Å². The summed E-state index contributed by atoms with van der Waals surface area (Å²) in [5, 5.41) is 10.3. The molecule has 118 valence electrons. The molecule has 0 spiro atoms. The summed E-state index contributed by atoms with van der Waals surface area (Å²) in [6.07, 6.45) is 1.91. The fraction of sp³-hybridized carbons (Fsp3) is 0.200. The topological polar surface area (TPSA) is 100 Å². The number of nitrogens with zero attached hydrogens (tertiary/aromatic N) is 1. The second-order valence-corrected chi connectivity index (χ2v) is 5.88. The minimum atomic E-state index is -0.753. The van der Waals surface area contributed by atoms with Crippen molar-refractivity contribution in [1.29, 1.82) is 0 Å². The predicted octanol–water partition coefficient (Wildman–Crippen LogP) is 1.61. The van der Waals surface area contributed by atoms with Gasteiger partial charge in [-0.05, 0) is 18.6 Å². The van der Waals surface area contributed by atoms with Crippen molar-refractivity contribution in [2.45, 2.75) is 18.9 Å². The van der Waals surface area contributed by atoms with Crippen LogP contribution >= 0.6 is 11.3 Å². The Balaban J connectivity index is 1.62. The van der Waals surface area contributed by atoms with Crippen LogP contribution in [0.25, 0.3) is 0 Å². The number of rotatable bonds is 4. The Bertz CT molecular complexity index is 745. The first-order valence-electron chi connectivity index (χ1n) is 7.03. The Morgan fingerprint density at radius 3 is 2.91 bits per heavy atom. The smallest absolute Gasteiger partial charge is 0.254 e. The molecule has 1 atom stereocenters. The highest BCUT2D eigenvalue weighted by atomic mass is 32.1. The van der Waals surface area contributed by atoms with Crippen molar-refractivity contribution >= 4 is 39.9 Å². The van der Waals surface area contributed by atoms with E-state index in [9.17, 15) is 14.4 Å². The molecule has 0 saturated carbocycles. The Morgan fingerprint density at radius 2 is 2.13 bits per heavy atom. The number of nitrogens with one attached hydrogen (secondary N) is 3. The number of aromatic nitrogens is 1. The maximum Gasteiger partial charge on any atom is 0.254 e. The number of amides is 3. The minimum absolute atomic E-state index is 0.105. The Labute approximate surface area is 136 Å². The zero-order chi connectivity index (χ0) is 16.2. The van der Waals surface area contributed by atoms with E-state index < -0.39 is 6.04 Å². The van der Waals surface area contributed by atoms with Gasteiger partial charge in [0.15, 0.2) is 5.13 Å². The van der Waals surface area contributed by atoms with Crippen molar-refractivity contribution in [1.82, 2.24) is 10.3 Å². The van der Waals surface area contributed by atoms with Gasteiger partial charge in [0.2, 0.25) is 11.8 Å². The van der Waals surface area contributed by atoms with Crippen molar-refractivity contribution < 1.29 is 14.4 Å². The molecule has 3 rings (SSSR count). The number of hydrogen-bond donors (Lipinski definition) is 3. The molecule has 3 N–H and O–H groups in total. The lowest BCUT2D eigenvalue weighted by Gasteiger charge is -2.13. The molecule has 2 heterocycles. The van der Waals surface area contributed by atoms with E-state index in [2.05, 4.69) is 20.9 Å². The molecule has 0 fully saturated rings. The lowest BCUT2D eigenvalue weighted by atomic mass is 10.1. The quantitative estimate of drug-likeness (QED) is 0.793. The number of hydrogen-bond acceptors (Lipinski definition) is 5. The normalized spacial score (nSPS) is 16.8. The highest BCUT2D eigenvalue weighted by Crippen LogP contribution is 2.19. The van der Waals surface area contributed by atoms with Crippen molar-refractivity contribution in [3.63, 3.8) is 0 Å². The Morgan fingerprint density at radius 1 is 1.30 bits per heavy atom. The fourth-order valence-electron chi connectivity index (χ4n) is 2.26. The van der Waals surface area contributed by atoms with Gasteiger partial charge < -0.3 is 16.0 Å². The summed E-state index contributed by atoms with van der Waals surface area (Å²) < 4.78 is 0. The third kappa shape index (κ3) is 3.54. The van der Waals surface area contributed by atoms with Gasteiger partial charge >= 0.3 is 0 Å². The largest absolute Gasteiger partial charge is 0.340 e. The van der Waals surface area contributed by atoms with Gasteiger partial charge in [0, 0.05) is 18.0 Å². The number of anilines is 2. The van der Waals surface area contributed by atoms with Crippen LogP contribution in [0, 0.1) is 0 Å². The fourth-order valence-corrected chi connectivity index (χ4v) is 2.80. The average molecular weight is 330 g/mol. The van der Waals surface area contributed by atoms with Crippen molar-refractivity contribution in [2.24, 2.45) is 0 Å². The van der Waals surface area contributed by atoms with Crippen molar-refractivity contribution in [3.8, 4) is 0 Å². The summed E-state index contributed by atoms with van der Waals surface area (Å²) in [5.41, 5.74) is 0.889. The maximum atomic E-state index is 12.2. The highest BCUT2D eigenvalue weighted by molar-refractivity contribution is 7.13. The van der Waals surface area contributed by atoms with Gasteiger partial charge in [-0.2, -0.15) is 0 Å². The van der Waals surface area contributed by atoms with Crippen LogP contribution in [-0.2, 0) is 9.59 Å². The molecule has 3 amide bonds. The summed E-state index contributed by atoms with van der Waals surface area (Å²) in [4.78, 5) is 40.1. The molecule has 8 heteroatoms. The first-order valence-corrected chi connectivity index (χ1v) is 7.91. The molecule has 1 aromatic heterocycles. The third-order valence-corrected chi connectivity index (χ3v) is 4.08. The van der Waals surface area contributed by atoms with Crippen LogP contribution in [0.3, 0.4) is 0 Å².